The van der Waals surface area contributed by atoms with Gasteiger partial charge in [-0.05, 0) is 37.6 Å². The van der Waals surface area contributed by atoms with Gasteiger partial charge in [-0.2, -0.15) is 0 Å². The van der Waals surface area contributed by atoms with E-state index in [9.17, 15) is 9.90 Å². The summed E-state index contributed by atoms with van der Waals surface area (Å²) in [7, 11) is 0. The second-order valence-electron chi connectivity index (χ2n) is 4.79. The van der Waals surface area contributed by atoms with Gasteiger partial charge in [-0.15, -0.1) is 0 Å². The lowest BCUT2D eigenvalue weighted by Crippen LogP contribution is -2.29. The average molecular weight is 279 g/mol. The molecule has 112 valence electrons. The summed E-state index contributed by atoms with van der Waals surface area (Å²) in [6.07, 6.45) is 4.53. The highest BCUT2D eigenvalue weighted by Crippen LogP contribution is 2.18. The standard InChI is InChI=1S/C16H25NO3/c1-3-5-6-7-12-17-15(16(18)19)13-8-10-14(11-9-13)20-4-2/h8-11,15,17H,3-7,12H2,1-2H3,(H,18,19). The van der Waals surface area contributed by atoms with Crippen LogP contribution >= 0.6 is 0 Å². The van der Waals surface area contributed by atoms with Gasteiger partial charge in [-0.25, -0.2) is 0 Å². The van der Waals surface area contributed by atoms with E-state index in [-0.39, 0.29) is 0 Å². The van der Waals surface area contributed by atoms with Crippen LogP contribution in [0.15, 0.2) is 24.3 Å². The molecule has 4 nitrogen and oxygen atoms in total. The second-order valence-corrected chi connectivity index (χ2v) is 4.79. The normalized spacial score (nSPS) is 12.1. The summed E-state index contributed by atoms with van der Waals surface area (Å²) in [5.41, 5.74) is 0.761. The largest absolute Gasteiger partial charge is 0.494 e. The van der Waals surface area contributed by atoms with Crippen molar-refractivity contribution in [1.82, 2.24) is 5.32 Å². The SMILES string of the molecule is CCCCCCNC(C(=O)O)c1ccc(OCC)cc1. The van der Waals surface area contributed by atoms with Crippen molar-refractivity contribution < 1.29 is 14.6 Å². The molecule has 1 aromatic rings. The van der Waals surface area contributed by atoms with Crippen LogP contribution in [0.2, 0.25) is 0 Å². The molecule has 0 radical (unpaired) electrons. The number of benzene rings is 1. The van der Waals surface area contributed by atoms with E-state index in [0.29, 0.717) is 6.61 Å². The molecule has 0 heterocycles. The monoisotopic (exact) mass is 279 g/mol. The van der Waals surface area contributed by atoms with Crippen molar-refractivity contribution in [2.45, 2.75) is 45.6 Å². The predicted octanol–water partition coefficient (Wildman–Crippen LogP) is 3.38. The molecule has 0 fully saturated rings. The Hall–Kier alpha value is -1.55. The Labute approximate surface area is 121 Å². The number of carboxylic acids is 1. The van der Waals surface area contributed by atoms with Crippen molar-refractivity contribution in [3.8, 4) is 5.75 Å². The molecule has 20 heavy (non-hydrogen) atoms. The molecular weight excluding hydrogens is 254 g/mol. The van der Waals surface area contributed by atoms with Crippen LogP contribution in [0.4, 0.5) is 0 Å². The first-order chi connectivity index (χ1) is 9.69. The third-order valence-corrected chi connectivity index (χ3v) is 3.15. The summed E-state index contributed by atoms with van der Waals surface area (Å²) in [4.78, 5) is 11.3. The lowest BCUT2D eigenvalue weighted by molar-refractivity contribution is -0.139. The van der Waals surface area contributed by atoms with E-state index in [0.717, 1.165) is 30.7 Å². The molecule has 0 bridgehead atoms. The summed E-state index contributed by atoms with van der Waals surface area (Å²) < 4.78 is 5.36. The van der Waals surface area contributed by atoms with E-state index < -0.39 is 12.0 Å². The first kappa shape index (κ1) is 16.5. The summed E-state index contributed by atoms with van der Waals surface area (Å²) in [6.45, 7) is 5.42. The molecule has 0 aliphatic heterocycles. The van der Waals surface area contributed by atoms with E-state index in [4.69, 9.17) is 4.74 Å². The van der Waals surface area contributed by atoms with Crippen molar-refractivity contribution in [3.63, 3.8) is 0 Å². The highest BCUT2D eigenvalue weighted by Gasteiger charge is 2.18. The minimum absolute atomic E-state index is 0.609. The van der Waals surface area contributed by atoms with Crippen molar-refractivity contribution >= 4 is 5.97 Å². The summed E-state index contributed by atoms with van der Waals surface area (Å²) in [5.74, 6) is -0.0759. The van der Waals surface area contributed by atoms with Crippen molar-refractivity contribution in [1.29, 1.82) is 0 Å². The smallest absolute Gasteiger partial charge is 0.325 e. The van der Waals surface area contributed by atoms with Gasteiger partial charge in [0.2, 0.25) is 0 Å². The minimum atomic E-state index is -0.843. The van der Waals surface area contributed by atoms with E-state index in [1.165, 1.54) is 12.8 Å². The topological polar surface area (TPSA) is 58.6 Å². The van der Waals surface area contributed by atoms with Crippen LogP contribution in [0.1, 0.15) is 51.1 Å². The zero-order chi connectivity index (χ0) is 14.8. The molecule has 1 aromatic carbocycles. The number of rotatable bonds is 10. The third-order valence-electron chi connectivity index (χ3n) is 3.15. The molecule has 0 aromatic heterocycles. The maximum atomic E-state index is 11.3. The fraction of sp³-hybridized carbons (Fsp3) is 0.562. The Morgan fingerprint density at radius 2 is 1.90 bits per heavy atom. The Balaban J connectivity index is 2.54. The number of nitrogens with one attached hydrogen (secondary N) is 1. The Morgan fingerprint density at radius 3 is 2.45 bits per heavy atom. The lowest BCUT2D eigenvalue weighted by atomic mass is 10.1. The van der Waals surface area contributed by atoms with Gasteiger partial charge in [-0.1, -0.05) is 38.3 Å². The molecule has 1 rings (SSSR count). The second kappa shape index (κ2) is 9.37. The minimum Gasteiger partial charge on any atom is -0.494 e. The molecule has 0 spiro atoms. The van der Waals surface area contributed by atoms with Crippen molar-refractivity contribution in [3.05, 3.63) is 29.8 Å². The summed E-state index contributed by atoms with van der Waals surface area (Å²) in [5, 5.41) is 12.4. The van der Waals surface area contributed by atoms with E-state index >= 15 is 0 Å². The zero-order valence-corrected chi connectivity index (χ0v) is 12.4. The molecule has 0 aliphatic rings. The third kappa shape index (κ3) is 5.61. The lowest BCUT2D eigenvalue weighted by Gasteiger charge is -2.15. The molecule has 0 aliphatic carbocycles. The number of ether oxygens (including phenoxy) is 1. The molecule has 0 saturated carbocycles. The fourth-order valence-electron chi connectivity index (χ4n) is 2.07. The highest BCUT2D eigenvalue weighted by molar-refractivity contribution is 5.75. The van der Waals surface area contributed by atoms with Crippen molar-refractivity contribution in [2.24, 2.45) is 0 Å². The molecule has 2 N–H and O–H groups in total. The van der Waals surface area contributed by atoms with Gasteiger partial charge < -0.3 is 15.2 Å². The van der Waals surface area contributed by atoms with Crippen LogP contribution in [0.3, 0.4) is 0 Å². The fourth-order valence-corrected chi connectivity index (χ4v) is 2.07. The Morgan fingerprint density at radius 1 is 1.20 bits per heavy atom. The number of carbonyl (C=O) groups is 1. The molecule has 1 atom stereocenters. The molecule has 0 saturated heterocycles. The molecule has 1 unspecified atom stereocenters. The van der Waals surface area contributed by atoms with Crippen LogP contribution in [-0.4, -0.2) is 24.2 Å². The van der Waals surface area contributed by atoms with Gasteiger partial charge in [0, 0.05) is 0 Å². The van der Waals surface area contributed by atoms with Gasteiger partial charge in [-0.3, -0.25) is 4.79 Å². The van der Waals surface area contributed by atoms with Crippen LogP contribution < -0.4 is 10.1 Å². The summed E-state index contributed by atoms with van der Waals surface area (Å²) >= 11 is 0. The quantitative estimate of drug-likeness (QED) is 0.645. The van der Waals surface area contributed by atoms with Gasteiger partial charge >= 0.3 is 5.97 Å². The van der Waals surface area contributed by atoms with Crippen LogP contribution in [0.25, 0.3) is 0 Å². The number of hydrogen-bond acceptors (Lipinski definition) is 3. The van der Waals surface area contributed by atoms with Crippen molar-refractivity contribution in [2.75, 3.05) is 13.2 Å². The number of unbranched alkanes of at least 4 members (excludes halogenated alkanes) is 3. The first-order valence-electron chi connectivity index (χ1n) is 7.38. The Kier molecular flexibility index (Phi) is 7.73. The van der Waals surface area contributed by atoms with Crippen LogP contribution in [-0.2, 0) is 4.79 Å². The first-order valence-corrected chi connectivity index (χ1v) is 7.38. The van der Waals surface area contributed by atoms with Crippen LogP contribution in [0.5, 0.6) is 5.75 Å². The maximum Gasteiger partial charge on any atom is 0.325 e. The average Bonchev–Trinajstić information content (AvgIpc) is 2.44. The van der Waals surface area contributed by atoms with Gasteiger partial charge in [0.15, 0.2) is 0 Å². The van der Waals surface area contributed by atoms with Gasteiger partial charge in [0.1, 0.15) is 11.8 Å². The molecule has 4 heteroatoms. The predicted molar refractivity (Wildman–Crippen MR) is 80.1 cm³/mol. The van der Waals surface area contributed by atoms with Gasteiger partial charge in [0.25, 0.3) is 0 Å². The van der Waals surface area contributed by atoms with Crippen LogP contribution in [0, 0.1) is 0 Å². The van der Waals surface area contributed by atoms with Gasteiger partial charge in [0.05, 0.1) is 6.61 Å². The molecular formula is C16H25NO3. The Bertz CT molecular complexity index is 389. The van der Waals surface area contributed by atoms with E-state index in [2.05, 4.69) is 12.2 Å². The maximum absolute atomic E-state index is 11.3. The highest BCUT2D eigenvalue weighted by atomic mass is 16.5. The number of hydrogen-bond donors (Lipinski definition) is 2. The summed E-state index contributed by atoms with van der Waals surface area (Å²) in [6, 6.07) is 6.60. The molecule has 0 amide bonds. The number of carboxylic acid groups (broad SMARTS) is 1. The number of aliphatic carboxylic acids is 1. The van der Waals surface area contributed by atoms with E-state index in [1.54, 1.807) is 0 Å². The van der Waals surface area contributed by atoms with E-state index in [1.807, 2.05) is 31.2 Å². The zero-order valence-electron chi connectivity index (χ0n) is 12.4.